The standard InChI is InChI=1S/C18H20ClFN2O3S/c1-13(14-6-4-3-5-7-14)11-21-18(23)12-22(26(2,24)25)15-8-9-17(20)16(19)10-15/h3-10,13H,11-12H2,1-2H3,(H,21,23)/t13-/m1/s1. The number of benzene rings is 2. The van der Waals surface area contributed by atoms with E-state index in [1.54, 1.807) is 0 Å². The van der Waals surface area contributed by atoms with Gasteiger partial charge in [-0.1, -0.05) is 48.9 Å². The highest BCUT2D eigenvalue weighted by Crippen LogP contribution is 2.24. The van der Waals surface area contributed by atoms with Crippen LogP contribution in [0.4, 0.5) is 10.1 Å². The Bertz CT molecular complexity index is 875. The Balaban J connectivity index is 2.06. The number of amides is 1. The average molecular weight is 399 g/mol. The van der Waals surface area contributed by atoms with E-state index in [1.165, 1.54) is 12.1 Å². The van der Waals surface area contributed by atoms with Crippen LogP contribution in [0.25, 0.3) is 0 Å². The molecular formula is C18H20ClFN2O3S. The Morgan fingerprint density at radius 2 is 1.88 bits per heavy atom. The molecule has 0 aromatic heterocycles. The predicted octanol–water partition coefficient (Wildman–Crippen LogP) is 3.17. The summed E-state index contributed by atoms with van der Waals surface area (Å²) in [4.78, 5) is 12.2. The molecule has 5 nitrogen and oxygen atoms in total. The monoisotopic (exact) mass is 398 g/mol. The third kappa shape index (κ3) is 5.44. The van der Waals surface area contributed by atoms with Gasteiger partial charge < -0.3 is 5.32 Å². The van der Waals surface area contributed by atoms with Crippen LogP contribution in [0.3, 0.4) is 0 Å². The second-order valence-electron chi connectivity index (χ2n) is 5.98. The molecule has 0 unspecified atom stereocenters. The van der Waals surface area contributed by atoms with Crippen LogP contribution in [0, 0.1) is 5.82 Å². The molecule has 0 saturated heterocycles. The fourth-order valence-electron chi connectivity index (χ4n) is 2.39. The van der Waals surface area contributed by atoms with E-state index in [4.69, 9.17) is 11.6 Å². The molecule has 0 aliphatic rings. The molecule has 8 heteroatoms. The molecule has 0 aliphatic heterocycles. The molecule has 0 saturated carbocycles. The van der Waals surface area contributed by atoms with E-state index in [-0.39, 0.29) is 16.6 Å². The first-order valence-corrected chi connectivity index (χ1v) is 10.2. The first-order valence-electron chi connectivity index (χ1n) is 7.93. The molecule has 0 aliphatic carbocycles. The van der Waals surface area contributed by atoms with Crippen molar-refractivity contribution < 1.29 is 17.6 Å². The molecule has 1 amide bonds. The van der Waals surface area contributed by atoms with E-state index < -0.39 is 28.3 Å². The second kappa shape index (κ2) is 8.51. The third-order valence-corrected chi connectivity index (χ3v) is 5.28. The fourth-order valence-corrected chi connectivity index (χ4v) is 3.42. The van der Waals surface area contributed by atoms with Crippen molar-refractivity contribution in [3.05, 3.63) is 64.9 Å². The molecule has 0 radical (unpaired) electrons. The van der Waals surface area contributed by atoms with Crippen molar-refractivity contribution in [3.63, 3.8) is 0 Å². The van der Waals surface area contributed by atoms with Crippen molar-refractivity contribution >= 4 is 33.2 Å². The van der Waals surface area contributed by atoms with E-state index in [1.807, 2.05) is 37.3 Å². The topological polar surface area (TPSA) is 66.5 Å². The van der Waals surface area contributed by atoms with Crippen molar-refractivity contribution in [2.75, 3.05) is 23.7 Å². The molecular weight excluding hydrogens is 379 g/mol. The van der Waals surface area contributed by atoms with Crippen LogP contribution in [-0.2, 0) is 14.8 Å². The van der Waals surface area contributed by atoms with Gasteiger partial charge in [-0.25, -0.2) is 12.8 Å². The van der Waals surface area contributed by atoms with Crippen molar-refractivity contribution in [2.24, 2.45) is 0 Å². The molecule has 0 spiro atoms. The van der Waals surface area contributed by atoms with Gasteiger partial charge in [0.2, 0.25) is 15.9 Å². The van der Waals surface area contributed by atoms with Gasteiger partial charge in [-0.15, -0.1) is 0 Å². The van der Waals surface area contributed by atoms with Crippen LogP contribution in [0.15, 0.2) is 48.5 Å². The van der Waals surface area contributed by atoms with E-state index in [9.17, 15) is 17.6 Å². The Labute approximate surface area is 157 Å². The lowest BCUT2D eigenvalue weighted by atomic mass is 10.0. The molecule has 2 aromatic carbocycles. The lowest BCUT2D eigenvalue weighted by molar-refractivity contribution is -0.119. The van der Waals surface area contributed by atoms with Gasteiger partial charge in [0.15, 0.2) is 0 Å². The Morgan fingerprint density at radius 3 is 2.46 bits per heavy atom. The smallest absolute Gasteiger partial charge is 0.240 e. The minimum absolute atomic E-state index is 0.0760. The highest BCUT2D eigenvalue weighted by atomic mass is 35.5. The lowest BCUT2D eigenvalue weighted by Gasteiger charge is -2.22. The van der Waals surface area contributed by atoms with Gasteiger partial charge >= 0.3 is 0 Å². The number of carbonyl (C=O) groups is 1. The molecule has 140 valence electrons. The van der Waals surface area contributed by atoms with Crippen LogP contribution in [-0.4, -0.2) is 33.7 Å². The minimum Gasteiger partial charge on any atom is -0.354 e. The van der Waals surface area contributed by atoms with E-state index >= 15 is 0 Å². The lowest BCUT2D eigenvalue weighted by Crippen LogP contribution is -2.41. The summed E-state index contributed by atoms with van der Waals surface area (Å²) >= 11 is 5.72. The van der Waals surface area contributed by atoms with Crippen LogP contribution < -0.4 is 9.62 Å². The number of carbonyl (C=O) groups excluding carboxylic acids is 1. The van der Waals surface area contributed by atoms with Crippen LogP contribution >= 0.6 is 11.6 Å². The van der Waals surface area contributed by atoms with E-state index in [0.29, 0.717) is 6.54 Å². The highest BCUT2D eigenvalue weighted by Gasteiger charge is 2.22. The molecule has 0 heterocycles. The number of nitrogens with zero attached hydrogens (tertiary/aromatic N) is 1. The van der Waals surface area contributed by atoms with Crippen LogP contribution in [0.2, 0.25) is 5.02 Å². The second-order valence-corrected chi connectivity index (χ2v) is 8.30. The summed E-state index contributed by atoms with van der Waals surface area (Å²) in [5.74, 6) is -1.05. The number of hydrogen-bond acceptors (Lipinski definition) is 3. The average Bonchev–Trinajstić information content (AvgIpc) is 2.60. The summed E-state index contributed by atoms with van der Waals surface area (Å²) < 4.78 is 38.3. The molecule has 1 atom stereocenters. The number of nitrogens with one attached hydrogen (secondary N) is 1. The maximum Gasteiger partial charge on any atom is 0.240 e. The van der Waals surface area contributed by atoms with Gasteiger partial charge in [-0.3, -0.25) is 9.10 Å². The van der Waals surface area contributed by atoms with Gasteiger partial charge in [0.25, 0.3) is 0 Å². The zero-order valence-corrected chi connectivity index (χ0v) is 16.0. The number of rotatable bonds is 7. The summed E-state index contributed by atoms with van der Waals surface area (Å²) in [5.41, 5.74) is 1.20. The van der Waals surface area contributed by atoms with Crippen LogP contribution in [0.1, 0.15) is 18.4 Å². The van der Waals surface area contributed by atoms with Crippen molar-refractivity contribution in [1.29, 1.82) is 0 Å². The zero-order chi connectivity index (χ0) is 19.3. The largest absolute Gasteiger partial charge is 0.354 e. The molecule has 0 fully saturated rings. The molecule has 2 rings (SSSR count). The summed E-state index contributed by atoms with van der Waals surface area (Å²) in [6.45, 7) is 1.91. The molecule has 1 N–H and O–H groups in total. The van der Waals surface area contributed by atoms with Crippen molar-refractivity contribution in [1.82, 2.24) is 5.32 Å². The first-order chi connectivity index (χ1) is 12.2. The summed E-state index contributed by atoms with van der Waals surface area (Å²) in [7, 11) is -3.74. The maximum absolute atomic E-state index is 13.3. The molecule has 2 aromatic rings. The third-order valence-electron chi connectivity index (χ3n) is 3.85. The first kappa shape index (κ1) is 20.2. The minimum atomic E-state index is -3.74. The Kier molecular flexibility index (Phi) is 6.61. The van der Waals surface area contributed by atoms with Crippen molar-refractivity contribution in [2.45, 2.75) is 12.8 Å². The van der Waals surface area contributed by atoms with Gasteiger partial charge in [-0.05, 0) is 29.7 Å². The Hall–Kier alpha value is -2.12. The van der Waals surface area contributed by atoms with Gasteiger partial charge in [0.05, 0.1) is 17.0 Å². The summed E-state index contributed by atoms with van der Waals surface area (Å²) in [5, 5.41) is 2.51. The number of sulfonamides is 1. The fraction of sp³-hybridized carbons (Fsp3) is 0.278. The summed E-state index contributed by atoms with van der Waals surface area (Å²) in [6, 6.07) is 13.2. The quantitative estimate of drug-likeness (QED) is 0.779. The SMILES string of the molecule is C[C@H](CNC(=O)CN(c1ccc(F)c(Cl)c1)S(C)(=O)=O)c1ccccc1. The number of hydrogen-bond donors (Lipinski definition) is 1. The Morgan fingerprint density at radius 1 is 1.23 bits per heavy atom. The zero-order valence-electron chi connectivity index (χ0n) is 14.4. The van der Waals surface area contributed by atoms with Crippen molar-refractivity contribution in [3.8, 4) is 0 Å². The summed E-state index contributed by atoms with van der Waals surface area (Å²) in [6.07, 6.45) is 0.976. The van der Waals surface area contributed by atoms with Crippen LogP contribution in [0.5, 0.6) is 0 Å². The normalized spacial score (nSPS) is 12.5. The number of anilines is 1. The maximum atomic E-state index is 13.3. The van der Waals surface area contributed by atoms with Gasteiger partial charge in [0.1, 0.15) is 12.4 Å². The van der Waals surface area contributed by atoms with E-state index in [2.05, 4.69) is 5.32 Å². The van der Waals surface area contributed by atoms with E-state index in [0.717, 1.165) is 22.2 Å². The van der Waals surface area contributed by atoms with Gasteiger partial charge in [0, 0.05) is 6.54 Å². The molecule has 26 heavy (non-hydrogen) atoms. The van der Waals surface area contributed by atoms with Gasteiger partial charge in [-0.2, -0.15) is 0 Å². The number of halogens is 2. The molecule has 0 bridgehead atoms. The predicted molar refractivity (Wildman–Crippen MR) is 101 cm³/mol. The highest BCUT2D eigenvalue weighted by molar-refractivity contribution is 7.92.